The highest BCUT2D eigenvalue weighted by Crippen LogP contribution is 2.19. The number of nitrogens with two attached hydrogens (primary N) is 2. The van der Waals surface area contributed by atoms with Gasteiger partial charge in [0.1, 0.15) is 18.1 Å². The van der Waals surface area contributed by atoms with E-state index in [-0.39, 0.29) is 5.92 Å². The lowest BCUT2D eigenvalue weighted by Crippen LogP contribution is -2.36. The Hall–Kier alpha value is -3.73. The second kappa shape index (κ2) is 16.1. The number of carboxylic acid groups (broad SMARTS) is 3. The third-order valence-electron chi connectivity index (χ3n) is 5.90. The summed E-state index contributed by atoms with van der Waals surface area (Å²) in [5, 5.41) is 29.7. The van der Waals surface area contributed by atoms with Gasteiger partial charge in [-0.2, -0.15) is 0 Å². The lowest BCUT2D eigenvalue weighted by Gasteiger charge is -2.11. The van der Waals surface area contributed by atoms with E-state index in [1.807, 2.05) is 74.6 Å². The maximum Gasteiger partial charge on any atom is 0.321 e. The van der Waals surface area contributed by atoms with Crippen molar-refractivity contribution in [2.24, 2.45) is 17.4 Å². The summed E-state index contributed by atoms with van der Waals surface area (Å²) in [6, 6.07) is 15.2. The molecule has 0 amide bonds. The lowest BCUT2D eigenvalue weighted by atomic mass is 10.0. The van der Waals surface area contributed by atoms with Gasteiger partial charge in [0.05, 0.1) is 0 Å². The number of aliphatic carboxylic acids is 3. The standard InChI is InChI=1S/C12H14N2O2.C9H11NO2.C6H13NO2/c1-13-11(12(15)16)6-8-7-14-10-5-3-2-4-9(8)10;10-8(9(11)12)6-7-4-2-1-3-5-7;1-3-4(2)5(7)6(8)9/h2-5,7,11,13-14H,6H2,1H3,(H,15,16);1-5,8H,6,10H2,(H,11,12);4-5H,3,7H2,1-2H3,(H,8,9)/t11-;8-;4-,5-/m000/s1. The number of para-hydroxylation sites is 1. The molecule has 0 fully saturated rings. The van der Waals surface area contributed by atoms with Crippen LogP contribution in [0.5, 0.6) is 0 Å². The maximum atomic E-state index is 10.9. The smallest absolute Gasteiger partial charge is 0.321 e. The second-order valence-electron chi connectivity index (χ2n) is 8.63. The van der Waals surface area contributed by atoms with Gasteiger partial charge in [0.25, 0.3) is 0 Å². The normalized spacial score (nSPS) is 13.6. The molecule has 3 aromatic rings. The van der Waals surface area contributed by atoms with E-state index in [0.29, 0.717) is 12.8 Å². The molecule has 0 aliphatic carbocycles. The zero-order valence-corrected chi connectivity index (χ0v) is 21.4. The molecule has 0 spiro atoms. The summed E-state index contributed by atoms with van der Waals surface area (Å²) in [5.74, 6) is -2.63. The van der Waals surface area contributed by atoms with Crippen LogP contribution in [0.1, 0.15) is 31.4 Å². The van der Waals surface area contributed by atoms with Gasteiger partial charge in [-0.15, -0.1) is 0 Å². The largest absolute Gasteiger partial charge is 0.480 e. The van der Waals surface area contributed by atoms with Crippen molar-refractivity contribution < 1.29 is 29.7 Å². The fourth-order valence-corrected chi connectivity index (χ4v) is 3.29. The molecular weight excluding hydrogens is 476 g/mol. The molecule has 0 aliphatic heterocycles. The number of carboxylic acids is 3. The number of H-pyrrole nitrogens is 1. The van der Waals surface area contributed by atoms with E-state index in [4.69, 9.17) is 26.8 Å². The van der Waals surface area contributed by atoms with Gasteiger partial charge < -0.3 is 37.1 Å². The molecule has 4 atom stereocenters. The maximum absolute atomic E-state index is 10.9. The number of hydrogen-bond donors (Lipinski definition) is 7. The molecule has 0 bridgehead atoms. The van der Waals surface area contributed by atoms with E-state index >= 15 is 0 Å². The number of hydrogen-bond acceptors (Lipinski definition) is 6. The SMILES string of the molecule is CC[C@H](C)[C@H](N)C(=O)O.CN[C@@H](Cc1c[nH]c2ccccc12)C(=O)O.N[C@@H](Cc1ccccc1)C(=O)O. The Morgan fingerprint density at radius 1 is 0.892 bits per heavy atom. The van der Waals surface area contributed by atoms with Crippen LogP contribution in [-0.4, -0.2) is 63.4 Å². The molecule has 0 radical (unpaired) electrons. The molecule has 202 valence electrons. The molecule has 37 heavy (non-hydrogen) atoms. The topological polar surface area (TPSA) is 192 Å². The fraction of sp³-hybridized carbons (Fsp3) is 0.370. The van der Waals surface area contributed by atoms with E-state index in [1.165, 1.54) is 0 Å². The van der Waals surface area contributed by atoms with Gasteiger partial charge in [0.15, 0.2) is 0 Å². The first kappa shape index (κ1) is 31.3. The van der Waals surface area contributed by atoms with Gasteiger partial charge >= 0.3 is 17.9 Å². The van der Waals surface area contributed by atoms with Gasteiger partial charge in [-0.3, -0.25) is 14.4 Å². The van der Waals surface area contributed by atoms with Crippen molar-refractivity contribution in [3.8, 4) is 0 Å². The number of aromatic nitrogens is 1. The second-order valence-corrected chi connectivity index (χ2v) is 8.63. The van der Waals surface area contributed by atoms with Crippen molar-refractivity contribution in [3.63, 3.8) is 0 Å². The number of nitrogens with one attached hydrogen (secondary N) is 2. The molecule has 1 aromatic heterocycles. The van der Waals surface area contributed by atoms with Crippen LogP contribution in [0.3, 0.4) is 0 Å². The van der Waals surface area contributed by atoms with Gasteiger partial charge in [-0.1, -0.05) is 68.8 Å². The van der Waals surface area contributed by atoms with Crippen LogP contribution < -0.4 is 16.8 Å². The summed E-state index contributed by atoms with van der Waals surface area (Å²) in [7, 11) is 1.66. The summed E-state index contributed by atoms with van der Waals surface area (Å²) in [6.07, 6.45) is 3.55. The van der Waals surface area contributed by atoms with Crippen LogP contribution in [0.2, 0.25) is 0 Å². The molecule has 0 saturated carbocycles. The van der Waals surface area contributed by atoms with Crippen molar-refractivity contribution in [1.29, 1.82) is 0 Å². The Morgan fingerprint density at radius 2 is 1.49 bits per heavy atom. The molecule has 10 nitrogen and oxygen atoms in total. The highest BCUT2D eigenvalue weighted by Gasteiger charge is 2.18. The molecule has 9 N–H and O–H groups in total. The minimum absolute atomic E-state index is 0.0718. The summed E-state index contributed by atoms with van der Waals surface area (Å²) in [5.41, 5.74) is 13.6. The van der Waals surface area contributed by atoms with Crippen molar-refractivity contribution >= 4 is 28.8 Å². The van der Waals surface area contributed by atoms with Crippen LogP contribution in [0.15, 0.2) is 60.8 Å². The van der Waals surface area contributed by atoms with Crippen molar-refractivity contribution in [3.05, 3.63) is 71.9 Å². The van der Waals surface area contributed by atoms with E-state index in [2.05, 4.69) is 10.3 Å². The van der Waals surface area contributed by atoms with E-state index in [0.717, 1.165) is 28.5 Å². The van der Waals surface area contributed by atoms with Gasteiger partial charge in [-0.05, 0) is 36.6 Å². The van der Waals surface area contributed by atoms with Crippen LogP contribution in [0, 0.1) is 5.92 Å². The van der Waals surface area contributed by atoms with E-state index in [9.17, 15) is 14.4 Å². The lowest BCUT2D eigenvalue weighted by molar-refractivity contribution is -0.140. The summed E-state index contributed by atoms with van der Waals surface area (Å²) in [4.78, 5) is 34.6. The number of rotatable bonds is 10. The molecule has 0 aliphatic rings. The van der Waals surface area contributed by atoms with Crippen molar-refractivity contribution in [1.82, 2.24) is 10.3 Å². The average Bonchev–Trinajstić information content (AvgIpc) is 3.30. The highest BCUT2D eigenvalue weighted by molar-refractivity contribution is 5.84. The average molecular weight is 515 g/mol. The minimum atomic E-state index is -0.959. The predicted octanol–water partition coefficient (Wildman–Crippen LogP) is 2.47. The number of benzene rings is 2. The Kier molecular flexibility index (Phi) is 13.6. The van der Waals surface area contributed by atoms with Gasteiger partial charge in [0.2, 0.25) is 0 Å². The van der Waals surface area contributed by atoms with Crippen LogP contribution in [0.4, 0.5) is 0 Å². The zero-order valence-electron chi connectivity index (χ0n) is 21.4. The Morgan fingerprint density at radius 3 is 1.97 bits per heavy atom. The summed E-state index contributed by atoms with van der Waals surface area (Å²) >= 11 is 0. The van der Waals surface area contributed by atoms with Crippen molar-refractivity contribution in [2.45, 2.75) is 51.2 Å². The molecule has 1 heterocycles. The monoisotopic (exact) mass is 514 g/mol. The van der Waals surface area contributed by atoms with Gasteiger partial charge in [-0.25, -0.2) is 0 Å². The highest BCUT2D eigenvalue weighted by atomic mass is 16.4. The molecular formula is C27H38N4O6. The molecule has 3 rings (SSSR count). The third-order valence-corrected chi connectivity index (χ3v) is 5.90. The number of fused-ring (bicyclic) bond motifs is 1. The minimum Gasteiger partial charge on any atom is -0.480 e. The molecule has 2 aromatic carbocycles. The van der Waals surface area contributed by atoms with Gasteiger partial charge in [0, 0.05) is 23.5 Å². The molecule has 0 saturated heterocycles. The Labute approximate surface area is 216 Å². The number of aromatic amines is 1. The molecule has 0 unspecified atom stereocenters. The van der Waals surface area contributed by atoms with E-state index < -0.39 is 36.0 Å². The Bertz CT molecular complexity index is 1120. The van der Waals surface area contributed by atoms with Crippen LogP contribution in [-0.2, 0) is 27.2 Å². The quantitative estimate of drug-likeness (QED) is 0.213. The number of carbonyl (C=O) groups is 3. The van der Waals surface area contributed by atoms with Crippen molar-refractivity contribution in [2.75, 3.05) is 7.05 Å². The first-order valence-electron chi connectivity index (χ1n) is 12.0. The summed E-state index contributed by atoms with van der Waals surface area (Å²) in [6.45, 7) is 3.76. The fourth-order valence-electron chi connectivity index (χ4n) is 3.29. The van der Waals surface area contributed by atoms with E-state index in [1.54, 1.807) is 7.05 Å². The first-order valence-corrected chi connectivity index (χ1v) is 12.0. The number of likely N-dealkylation sites (N-methyl/N-ethyl adjacent to an activating group) is 1. The van der Waals surface area contributed by atoms with Crippen LogP contribution >= 0.6 is 0 Å². The first-order chi connectivity index (χ1) is 17.5. The zero-order chi connectivity index (χ0) is 28.0. The molecule has 10 heteroatoms. The third kappa shape index (κ3) is 10.8. The predicted molar refractivity (Wildman–Crippen MR) is 143 cm³/mol. The Balaban J connectivity index is 0.000000291. The van der Waals surface area contributed by atoms with Crippen LogP contribution in [0.25, 0.3) is 10.9 Å². The summed E-state index contributed by atoms with van der Waals surface area (Å²) < 4.78 is 0.